The minimum absolute atomic E-state index is 0.0610. The normalized spacial score (nSPS) is 10.5. The molecule has 0 aliphatic heterocycles. The van der Waals surface area contributed by atoms with Crippen molar-refractivity contribution in [1.29, 1.82) is 0 Å². The molecule has 6 heteroatoms. The number of halogens is 1. The molecule has 0 fully saturated rings. The largest absolute Gasteiger partial charge is 0.476 e. The molecule has 1 aromatic carbocycles. The van der Waals surface area contributed by atoms with Crippen LogP contribution < -0.4 is 0 Å². The van der Waals surface area contributed by atoms with Gasteiger partial charge in [0.15, 0.2) is 5.69 Å². The van der Waals surface area contributed by atoms with Crippen LogP contribution in [-0.2, 0) is 6.54 Å². The monoisotopic (exact) mass is 251 g/mol. The van der Waals surface area contributed by atoms with Crippen molar-refractivity contribution >= 4 is 17.6 Å². The molecule has 0 aliphatic carbocycles. The number of hydrogen-bond donors (Lipinski definition) is 1. The van der Waals surface area contributed by atoms with Crippen LogP contribution in [0.25, 0.3) is 11.3 Å². The molecule has 1 N–H and O–H groups in total. The zero-order valence-electron chi connectivity index (χ0n) is 9.09. The van der Waals surface area contributed by atoms with Crippen LogP contribution in [-0.4, -0.2) is 26.1 Å². The van der Waals surface area contributed by atoms with Gasteiger partial charge in [0.1, 0.15) is 5.69 Å². The summed E-state index contributed by atoms with van der Waals surface area (Å²) in [4.78, 5) is 11.1. The van der Waals surface area contributed by atoms with Crippen molar-refractivity contribution in [2.24, 2.45) is 0 Å². The predicted octanol–water partition coefficient (Wildman–Crippen LogP) is 2.32. The van der Waals surface area contributed by atoms with E-state index in [2.05, 4.69) is 10.3 Å². The van der Waals surface area contributed by atoms with Crippen molar-refractivity contribution in [3.05, 3.63) is 35.0 Å². The Morgan fingerprint density at radius 1 is 1.53 bits per heavy atom. The summed E-state index contributed by atoms with van der Waals surface area (Å²) in [6, 6.07) is 6.96. The van der Waals surface area contributed by atoms with Crippen LogP contribution in [0.2, 0.25) is 5.02 Å². The molecule has 1 heterocycles. The predicted molar refractivity (Wildman–Crippen MR) is 63.1 cm³/mol. The molecule has 0 amide bonds. The molecule has 0 unspecified atom stereocenters. The second kappa shape index (κ2) is 4.55. The van der Waals surface area contributed by atoms with Crippen LogP contribution in [0.15, 0.2) is 24.3 Å². The molecule has 2 rings (SSSR count). The fourth-order valence-electron chi connectivity index (χ4n) is 1.60. The number of carbonyl (C=O) groups is 1. The highest BCUT2D eigenvalue weighted by Gasteiger charge is 2.19. The number of aromatic nitrogens is 3. The molecule has 0 saturated carbocycles. The summed E-state index contributed by atoms with van der Waals surface area (Å²) in [5, 5.41) is 17.1. The zero-order chi connectivity index (χ0) is 12.4. The lowest BCUT2D eigenvalue weighted by Gasteiger charge is -2.04. The molecule has 5 nitrogen and oxygen atoms in total. The van der Waals surface area contributed by atoms with Gasteiger partial charge in [0, 0.05) is 17.1 Å². The fraction of sp³-hybridized carbons (Fsp3) is 0.182. The molecule has 0 saturated heterocycles. The summed E-state index contributed by atoms with van der Waals surface area (Å²) in [6.45, 7) is 2.41. The summed E-state index contributed by atoms with van der Waals surface area (Å²) in [5.41, 5.74) is 1.11. The number of nitrogens with zero attached hydrogens (tertiary/aromatic N) is 3. The average Bonchev–Trinajstić information content (AvgIpc) is 2.72. The second-order valence-electron chi connectivity index (χ2n) is 3.42. The molecule has 88 valence electrons. The number of carboxylic acids is 1. The number of carboxylic acid groups (broad SMARTS) is 1. The Morgan fingerprint density at radius 2 is 2.29 bits per heavy atom. The first-order valence-corrected chi connectivity index (χ1v) is 5.44. The minimum Gasteiger partial charge on any atom is -0.476 e. The lowest BCUT2D eigenvalue weighted by molar-refractivity contribution is 0.0691. The molecule has 1 aromatic heterocycles. The number of hydrogen-bond acceptors (Lipinski definition) is 3. The van der Waals surface area contributed by atoms with Crippen molar-refractivity contribution in [1.82, 2.24) is 15.0 Å². The topological polar surface area (TPSA) is 68.0 Å². The van der Waals surface area contributed by atoms with Gasteiger partial charge in [-0.25, -0.2) is 9.48 Å². The van der Waals surface area contributed by atoms with Crippen molar-refractivity contribution in [3.63, 3.8) is 0 Å². The van der Waals surface area contributed by atoms with Gasteiger partial charge in [0.2, 0.25) is 0 Å². The summed E-state index contributed by atoms with van der Waals surface area (Å²) >= 11 is 5.89. The smallest absolute Gasteiger partial charge is 0.358 e. The summed E-state index contributed by atoms with van der Waals surface area (Å²) in [7, 11) is 0. The maximum absolute atomic E-state index is 11.1. The first-order valence-electron chi connectivity index (χ1n) is 5.06. The Labute approximate surface area is 103 Å². The van der Waals surface area contributed by atoms with E-state index in [1.807, 2.05) is 6.92 Å². The van der Waals surface area contributed by atoms with E-state index in [-0.39, 0.29) is 5.69 Å². The standard InChI is InChI=1S/C11H10ClN3O2/c1-2-15-10(9(11(16)17)13-14-15)7-4-3-5-8(12)6-7/h3-6H,2H2,1H3,(H,16,17). The van der Waals surface area contributed by atoms with Gasteiger partial charge < -0.3 is 5.11 Å². The van der Waals surface area contributed by atoms with Gasteiger partial charge in [0.25, 0.3) is 0 Å². The second-order valence-corrected chi connectivity index (χ2v) is 3.85. The van der Waals surface area contributed by atoms with Crippen LogP contribution in [0.1, 0.15) is 17.4 Å². The highest BCUT2D eigenvalue weighted by Crippen LogP contribution is 2.24. The lowest BCUT2D eigenvalue weighted by Crippen LogP contribution is -2.03. The number of aryl methyl sites for hydroxylation is 1. The number of benzene rings is 1. The van der Waals surface area contributed by atoms with Crippen molar-refractivity contribution in [2.75, 3.05) is 0 Å². The summed E-state index contributed by atoms with van der Waals surface area (Å²) in [6.07, 6.45) is 0. The van der Waals surface area contributed by atoms with Gasteiger partial charge in [-0.05, 0) is 19.1 Å². The van der Waals surface area contributed by atoms with E-state index in [0.29, 0.717) is 22.8 Å². The maximum Gasteiger partial charge on any atom is 0.358 e. The van der Waals surface area contributed by atoms with Gasteiger partial charge in [-0.3, -0.25) is 0 Å². The molecule has 0 aliphatic rings. The van der Waals surface area contributed by atoms with Gasteiger partial charge in [-0.1, -0.05) is 28.9 Å². The van der Waals surface area contributed by atoms with E-state index in [4.69, 9.17) is 16.7 Å². The van der Waals surface area contributed by atoms with Gasteiger partial charge in [0.05, 0.1) is 0 Å². The lowest BCUT2D eigenvalue weighted by atomic mass is 10.1. The highest BCUT2D eigenvalue weighted by atomic mass is 35.5. The van der Waals surface area contributed by atoms with Crippen LogP contribution in [0.3, 0.4) is 0 Å². The number of rotatable bonds is 3. The number of aromatic carboxylic acids is 1. The molecule has 0 radical (unpaired) electrons. The molecule has 0 atom stereocenters. The van der Waals surface area contributed by atoms with Crippen LogP contribution >= 0.6 is 11.6 Å². The van der Waals surface area contributed by atoms with E-state index in [1.54, 1.807) is 24.3 Å². The zero-order valence-corrected chi connectivity index (χ0v) is 9.85. The first-order chi connectivity index (χ1) is 8.13. The van der Waals surface area contributed by atoms with Gasteiger partial charge in [-0.15, -0.1) is 5.10 Å². The van der Waals surface area contributed by atoms with Crippen molar-refractivity contribution in [2.45, 2.75) is 13.5 Å². The quantitative estimate of drug-likeness (QED) is 0.909. The minimum atomic E-state index is -1.10. The van der Waals surface area contributed by atoms with E-state index in [0.717, 1.165) is 0 Å². The van der Waals surface area contributed by atoms with Crippen LogP contribution in [0, 0.1) is 0 Å². The summed E-state index contributed by atoms with van der Waals surface area (Å²) < 4.78 is 1.54. The third-order valence-corrected chi connectivity index (χ3v) is 2.57. The SMILES string of the molecule is CCn1nnc(C(=O)O)c1-c1cccc(Cl)c1. The van der Waals surface area contributed by atoms with E-state index < -0.39 is 5.97 Å². The summed E-state index contributed by atoms with van der Waals surface area (Å²) in [5.74, 6) is -1.10. The Kier molecular flexibility index (Phi) is 3.10. The van der Waals surface area contributed by atoms with E-state index in [9.17, 15) is 4.79 Å². The van der Waals surface area contributed by atoms with E-state index >= 15 is 0 Å². The van der Waals surface area contributed by atoms with Crippen LogP contribution in [0.5, 0.6) is 0 Å². The van der Waals surface area contributed by atoms with Crippen molar-refractivity contribution < 1.29 is 9.90 Å². The van der Waals surface area contributed by atoms with Crippen molar-refractivity contribution in [3.8, 4) is 11.3 Å². The Morgan fingerprint density at radius 3 is 2.88 bits per heavy atom. The average molecular weight is 252 g/mol. The van der Waals surface area contributed by atoms with Gasteiger partial charge >= 0.3 is 5.97 Å². The molecular weight excluding hydrogens is 242 g/mol. The maximum atomic E-state index is 11.1. The third kappa shape index (κ3) is 2.14. The molecule has 0 bridgehead atoms. The van der Waals surface area contributed by atoms with Crippen LogP contribution in [0.4, 0.5) is 0 Å². The van der Waals surface area contributed by atoms with E-state index in [1.165, 1.54) is 4.68 Å². The Bertz CT molecular complexity index is 566. The molecular formula is C11H10ClN3O2. The molecule has 0 spiro atoms. The Hall–Kier alpha value is -1.88. The van der Waals surface area contributed by atoms with Gasteiger partial charge in [-0.2, -0.15) is 0 Å². The third-order valence-electron chi connectivity index (χ3n) is 2.34. The molecule has 2 aromatic rings. The highest BCUT2D eigenvalue weighted by molar-refractivity contribution is 6.30. The first kappa shape index (κ1) is 11.6. The fourth-order valence-corrected chi connectivity index (χ4v) is 1.79. The Balaban J connectivity index is 2.64. The molecule has 17 heavy (non-hydrogen) atoms.